The second-order valence-electron chi connectivity index (χ2n) is 5.32. The van der Waals surface area contributed by atoms with Crippen LogP contribution in [0.5, 0.6) is 5.95 Å². The third kappa shape index (κ3) is 4.30. The normalized spacial score (nSPS) is 12.0. The van der Waals surface area contributed by atoms with Crippen LogP contribution in [0.2, 0.25) is 10.0 Å². The van der Waals surface area contributed by atoms with Crippen LogP contribution in [0.1, 0.15) is 6.92 Å². The van der Waals surface area contributed by atoms with Gasteiger partial charge in [0.15, 0.2) is 5.95 Å². The molecule has 1 heterocycles. The minimum atomic E-state index is -0.607. The van der Waals surface area contributed by atoms with Crippen LogP contribution in [-0.2, 0) is 4.79 Å². The first-order valence-electron chi connectivity index (χ1n) is 7.52. The van der Waals surface area contributed by atoms with Gasteiger partial charge in [0.25, 0.3) is 5.03 Å². The Morgan fingerprint density at radius 2 is 1.88 bits per heavy atom. The first kappa shape index (κ1) is 18.6. The summed E-state index contributed by atoms with van der Waals surface area (Å²) in [6, 6.07) is 13.8. The van der Waals surface area contributed by atoms with E-state index in [2.05, 4.69) is 10.6 Å². The van der Waals surface area contributed by atoms with Crippen LogP contribution in [0.3, 0.4) is 0 Å². The summed E-state index contributed by atoms with van der Waals surface area (Å²) in [6.45, 7) is 1.67. The molecule has 9 heteroatoms. The Bertz CT molecular complexity index is 914. The highest BCUT2D eigenvalue weighted by atomic mass is 35.5. The molecule has 0 aliphatic carbocycles. The van der Waals surface area contributed by atoms with Crippen molar-refractivity contribution in [3.63, 3.8) is 0 Å². The smallest absolute Gasteiger partial charge is 0.298 e. The molecule has 3 aromatic rings. The highest BCUT2D eigenvalue weighted by Gasteiger charge is 2.26. The maximum atomic E-state index is 12.4. The molecule has 0 spiro atoms. The minimum Gasteiger partial charge on any atom is -0.538 e. The molecule has 6 nitrogen and oxygen atoms in total. The van der Waals surface area contributed by atoms with E-state index < -0.39 is 11.2 Å². The van der Waals surface area contributed by atoms with E-state index in [0.29, 0.717) is 21.4 Å². The average molecular weight is 410 g/mol. The first-order valence-corrected chi connectivity index (χ1v) is 9.15. The molecular weight excluding hydrogens is 397 g/mol. The Morgan fingerprint density at radius 1 is 1.23 bits per heavy atom. The van der Waals surface area contributed by atoms with E-state index in [1.807, 2.05) is 18.2 Å². The van der Waals surface area contributed by atoms with Crippen LogP contribution in [0.15, 0.2) is 58.1 Å². The summed E-state index contributed by atoms with van der Waals surface area (Å²) >= 11 is 12.9. The van der Waals surface area contributed by atoms with Gasteiger partial charge in [0.05, 0.1) is 10.5 Å². The van der Waals surface area contributed by atoms with Crippen LogP contribution >= 0.6 is 35.0 Å². The summed E-state index contributed by atoms with van der Waals surface area (Å²) in [4.78, 5) is 12.4. The first-order chi connectivity index (χ1) is 12.4. The molecule has 0 bridgehead atoms. The number of nitrogens with one attached hydrogen (secondary N) is 1. The number of thioether (sulfide) groups is 1. The Kier molecular flexibility index (Phi) is 5.70. The van der Waals surface area contributed by atoms with Crippen molar-refractivity contribution < 1.29 is 19.1 Å². The lowest BCUT2D eigenvalue weighted by molar-refractivity contribution is -0.705. The van der Waals surface area contributed by atoms with Crippen LogP contribution in [0.4, 0.5) is 5.69 Å². The molecule has 0 radical (unpaired) electrons. The predicted molar refractivity (Wildman–Crippen MR) is 97.9 cm³/mol. The van der Waals surface area contributed by atoms with E-state index in [1.54, 1.807) is 37.3 Å². The van der Waals surface area contributed by atoms with Crippen LogP contribution < -0.4 is 15.1 Å². The van der Waals surface area contributed by atoms with Gasteiger partial charge in [-0.05, 0) is 41.6 Å². The number of hydrogen-bond acceptors (Lipinski definition) is 5. The molecule has 0 fully saturated rings. The Hall–Kier alpha value is -2.22. The standard InChI is InChI=1S/C17H13Cl2N3O3S/c1-10(15(23)20-13-8-11(18)7-12(19)9-13)26-16-17(24)25-21-22(16)14-5-3-2-4-6-14/h2-10H,1H3,(H-,20,21,23,24). The van der Waals surface area contributed by atoms with E-state index in [-0.39, 0.29) is 10.9 Å². The van der Waals surface area contributed by atoms with E-state index in [4.69, 9.17) is 27.7 Å². The number of amides is 1. The van der Waals surface area contributed by atoms with E-state index in [1.165, 1.54) is 4.68 Å². The summed E-state index contributed by atoms with van der Waals surface area (Å²) in [5.41, 5.74) is 1.14. The largest absolute Gasteiger partial charge is 0.538 e. The quantitative estimate of drug-likeness (QED) is 0.515. The number of nitrogens with zero attached hydrogens (tertiary/aromatic N) is 2. The van der Waals surface area contributed by atoms with Crippen LogP contribution in [-0.4, -0.2) is 16.4 Å². The van der Waals surface area contributed by atoms with Crippen LogP contribution in [0, 0.1) is 0 Å². The van der Waals surface area contributed by atoms with Gasteiger partial charge in [-0.25, -0.2) is 0 Å². The van der Waals surface area contributed by atoms with Crippen molar-refractivity contribution in [3.05, 3.63) is 58.6 Å². The molecule has 1 amide bonds. The Morgan fingerprint density at radius 3 is 2.54 bits per heavy atom. The van der Waals surface area contributed by atoms with Gasteiger partial charge in [-0.1, -0.05) is 41.4 Å². The number of carbonyl (C=O) groups excluding carboxylic acids is 1. The molecule has 134 valence electrons. The number of carbonyl (C=O) groups is 1. The number of para-hydroxylation sites is 1. The third-order valence-corrected chi connectivity index (χ3v) is 4.93. The molecular formula is C17H13Cl2N3O3S. The van der Waals surface area contributed by atoms with Crippen molar-refractivity contribution in [1.82, 2.24) is 5.27 Å². The van der Waals surface area contributed by atoms with E-state index in [9.17, 15) is 9.90 Å². The maximum Gasteiger partial charge on any atom is 0.298 e. The van der Waals surface area contributed by atoms with Crippen molar-refractivity contribution in [2.75, 3.05) is 5.32 Å². The molecule has 26 heavy (non-hydrogen) atoms. The zero-order chi connectivity index (χ0) is 18.7. The molecule has 3 rings (SSSR count). The summed E-state index contributed by atoms with van der Waals surface area (Å²) < 4.78 is 6.12. The SMILES string of the molecule is CC(Sc1c([O-])on[n+]1-c1ccccc1)C(=O)Nc1cc(Cl)cc(Cl)c1. The molecule has 1 atom stereocenters. The summed E-state index contributed by atoms with van der Waals surface area (Å²) in [7, 11) is 0. The van der Waals surface area contributed by atoms with E-state index >= 15 is 0 Å². The van der Waals surface area contributed by atoms with Gasteiger partial charge in [-0.15, -0.1) is 0 Å². The number of hydrogen-bond donors (Lipinski definition) is 1. The van der Waals surface area contributed by atoms with Gasteiger partial charge in [-0.3, -0.25) is 4.79 Å². The molecule has 1 unspecified atom stereocenters. The molecule has 2 aromatic carbocycles. The molecule has 0 aliphatic rings. The summed E-state index contributed by atoms with van der Waals surface area (Å²) in [6.07, 6.45) is 0. The van der Waals surface area contributed by atoms with Crippen LogP contribution in [0.25, 0.3) is 5.69 Å². The highest BCUT2D eigenvalue weighted by Crippen LogP contribution is 2.29. The molecule has 0 saturated carbocycles. The topological polar surface area (TPSA) is 82.1 Å². The van der Waals surface area contributed by atoms with Crippen molar-refractivity contribution in [2.24, 2.45) is 0 Å². The number of halogens is 2. The van der Waals surface area contributed by atoms with Gasteiger partial charge in [-0.2, -0.15) is 0 Å². The highest BCUT2D eigenvalue weighted by molar-refractivity contribution is 8.00. The Balaban J connectivity index is 1.77. The lowest BCUT2D eigenvalue weighted by Crippen LogP contribution is -2.36. The maximum absolute atomic E-state index is 12.4. The summed E-state index contributed by atoms with van der Waals surface area (Å²) in [5.74, 6) is -0.919. The van der Waals surface area contributed by atoms with Gasteiger partial charge in [0.2, 0.25) is 11.6 Å². The number of benzene rings is 2. The third-order valence-electron chi connectivity index (χ3n) is 3.36. The zero-order valence-corrected chi connectivity index (χ0v) is 15.8. The summed E-state index contributed by atoms with van der Waals surface area (Å²) in [5, 5.41) is 18.9. The predicted octanol–water partition coefficient (Wildman–Crippen LogP) is 3.45. The number of aromatic nitrogens is 2. The minimum absolute atomic E-state index is 0.211. The number of anilines is 1. The van der Waals surface area contributed by atoms with Crippen molar-refractivity contribution in [3.8, 4) is 11.6 Å². The van der Waals surface area contributed by atoms with E-state index in [0.717, 1.165) is 11.8 Å². The zero-order valence-electron chi connectivity index (χ0n) is 13.5. The fourth-order valence-corrected chi connectivity index (χ4v) is 3.56. The lowest BCUT2D eigenvalue weighted by Gasteiger charge is -2.11. The number of rotatable bonds is 5. The van der Waals surface area contributed by atoms with Crippen molar-refractivity contribution in [1.29, 1.82) is 0 Å². The fourth-order valence-electron chi connectivity index (χ4n) is 2.16. The lowest BCUT2D eigenvalue weighted by atomic mass is 10.3. The fraction of sp³-hybridized carbons (Fsp3) is 0.118. The van der Waals surface area contributed by atoms with Crippen molar-refractivity contribution >= 4 is 46.6 Å². The molecule has 0 saturated heterocycles. The van der Waals surface area contributed by atoms with Gasteiger partial charge in [0.1, 0.15) is 0 Å². The monoisotopic (exact) mass is 409 g/mol. The average Bonchev–Trinajstić information content (AvgIpc) is 2.95. The van der Waals surface area contributed by atoms with Gasteiger partial charge < -0.3 is 14.9 Å². The Labute approximate surface area is 163 Å². The second-order valence-corrected chi connectivity index (χ2v) is 7.52. The van der Waals surface area contributed by atoms with Crippen molar-refractivity contribution in [2.45, 2.75) is 17.2 Å². The second kappa shape index (κ2) is 7.99. The van der Waals surface area contributed by atoms with Gasteiger partial charge >= 0.3 is 0 Å². The molecule has 0 aliphatic heterocycles. The van der Waals surface area contributed by atoms with Gasteiger partial charge in [0, 0.05) is 27.9 Å². The molecule has 1 aromatic heterocycles. The molecule has 1 N–H and O–H groups in total.